The van der Waals surface area contributed by atoms with Crippen molar-refractivity contribution in [2.24, 2.45) is 11.1 Å². The van der Waals surface area contributed by atoms with E-state index in [1.54, 1.807) is 17.0 Å². The van der Waals surface area contributed by atoms with Gasteiger partial charge in [-0.3, -0.25) is 19.8 Å². The maximum absolute atomic E-state index is 13.4. The van der Waals surface area contributed by atoms with Crippen molar-refractivity contribution >= 4 is 33.1 Å². The Hall–Kier alpha value is -3.44. The van der Waals surface area contributed by atoms with Crippen LogP contribution in [0.15, 0.2) is 75.7 Å². The number of non-ortho nitro benzene ring substituents is 1. The zero-order valence-electron chi connectivity index (χ0n) is 17.6. The summed E-state index contributed by atoms with van der Waals surface area (Å²) in [4.78, 5) is 25.8. The molecule has 162 valence electrons. The summed E-state index contributed by atoms with van der Waals surface area (Å²) in [6, 6.07) is 15.7. The van der Waals surface area contributed by atoms with E-state index >= 15 is 0 Å². The Kier molecular flexibility index (Phi) is 5.39. The van der Waals surface area contributed by atoms with Gasteiger partial charge in [0, 0.05) is 40.0 Å². The van der Waals surface area contributed by atoms with Crippen LogP contribution < -0.4 is 10.6 Å². The molecule has 2 aromatic rings. The van der Waals surface area contributed by atoms with Gasteiger partial charge in [0.15, 0.2) is 5.78 Å². The molecule has 1 aliphatic carbocycles. The standard InChI is InChI=1S/C24H21BrN4O3/c1-24(2)11-19-22(20(30)12-24)21(14-3-5-15(25)6-4-14)18(13-26)23(27)28(19)16-7-9-17(10-8-16)29(31)32/h3-10,21H,11-12,27H2,1-2H3/t21-/m1/s1. The molecule has 2 aliphatic rings. The average molecular weight is 493 g/mol. The summed E-state index contributed by atoms with van der Waals surface area (Å²) in [6.45, 7) is 4.05. The Balaban J connectivity index is 1.96. The van der Waals surface area contributed by atoms with Crippen LogP contribution in [0.5, 0.6) is 0 Å². The largest absolute Gasteiger partial charge is 0.384 e. The number of nitrogens with zero attached hydrogens (tertiary/aromatic N) is 3. The number of halogens is 1. The molecule has 0 spiro atoms. The van der Waals surface area contributed by atoms with Crippen molar-refractivity contribution in [2.45, 2.75) is 32.6 Å². The molecular weight excluding hydrogens is 472 g/mol. The highest BCUT2D eigenvalue weighted by Gasteiger charge is 2.44. The predicted molar refractivity (Wildman–Crippen MR) is 124 cm³/mol. The van der Waals surface area contributed by atoms with Gasteiger partial charge in [-0.1, -0.05) is 41.9 Å². The first kappa shape index (κ1) is 21.8. The summed E-state index contributed by atoms with van der Waals surface area (Å²) in [5, 5.41) is 21.2. The molecule has 1 heterocycles. The summed E-state index contributed by atoms with van der Waals surface area (Å²) < 4.78 is 0.894. The van der Waals surface area contributed by atoms with Gasteiger partial charge in [-0.15, -0.1) is 0 Å². The van der Waals surface area contributed by atoms with Gasteiger partial charge in [-0.05, 0) is 41.7 Å². The molecule has 0 aromatic heterocycles. The molecule has 32 heavy (non-hydrogen) atoms. The number of carbonyl (C=O) groups is 1. The fraction of sp³-hybridized carbons (Fsp3) is 0.250. The quantitative estimate of drug-likeness (QED) is 0.459. The number of nitriles is 1. The van der Waals surface area contributed by atoms with Crippen LogP contribution in [0.1, 0.15) is 38.2 Å². The molecule has 0 unspecified atom stereocenters. The summed E-state index contributed by atoms with van der Waals surface area (Å²) in [5.41, 5.74) is 9.21. The highest BCUT2D eigenvalue weighted by Crippen LogP contribution is 2.50. The molecule has 1 aliphatic heterocycles. The van der Waals surface area contributed by atoms with Crippen LogP contribution in [0.25, 0.3) is 0 Å². The lowest BCUT2D eigenvalue weighted by molar-refractivity contribution is -0.384. The molecule has 0 amide bonds. The average Bonchev–Trinajstić information content (AvgIpc) is 2.73. The summed E-state index contributed by atoms with van der Waals surface area (Å²) in [6.07, 6.45) is 0.947. The fourth-order valence-electron chi connectivity index (χ4n) is 4.52. The van der Waals surface area contributed by atoms with E-state index in [2.05, 4.69) is 22.0 Å². The topological polar surface area (TPSA) is 113 Å². The molecule has 4 rings (SSSR count). The molecule has 8 heteroatoms. The number of anilines is 1. The molecule has 0 saturated carbocycles. The summed E-state index contributed by atoms with van der Waals surface area (Å²) >= 11 is 3.43. The summed E-state index contributed by atoms with van der Waals surface area (Å²) in [7, 11) is 0. The maximum atomic E-state index is 13.4. The Bertz CT molecular complexity index is 1220. The number of benzene rings is 2. The van der Waals surface area contributed by atoms with Crippen LogP contribution in [0, 0.1) is 26.9 Å². The smallest absolute Gasteiger partial charge is 0.269 e. The number of nitrogens with two attached hydrogens (primary N) is 1. The molecule has 0 radical (unpaired) electrons. The third-order valence-electron chi connectivity index (χ3n) is 5.90. The lowest BCUT2D eigenvalue weighted by atomic mass is 9.68. The van der Waals surface area contributed by atoms with Gasteiger partial charge in [0.2, 0.25) is 0 Å². The van der Waals surface area contributed by atoms with E-state index in [1.807, 2.05) is 38.1 Å². The molecule has 2 aromatic carbocycles. The van der Waals surface area contributed by atoms with Gasteiger partial charge >= 0.3 is 0 Å². The van der Waals surface area contributed by atoms with Gasteiger partial charge in [0.1, 0.15) is 5.82 Å². The Morgan fingerprint density at radius 2 is 1.78 bits per heavy atom. The number of allylic oxidation sites excluding steroid dienone is 3. The second-order valence-electron chi connectivity index (χ2n) is 8.81. The van der Waals surface area contributed by atoms with Crippen LogP contribution >= 0.6 is 15.9 Å². The Morgan fingerprint density at radius 1 is 1.16 bits per heavy atom. The minimum Gasteiger partial charge on any atom is -0.384 e. The van der Waals surface area contributed by atoms with Crippen LogP contribution in [-0.4, -0.2) is 10.7 Å². The van der Waals surface area contributed by atoms with E-state index in [0.717, 1.165) is 15.7 Å². The zero-order valence-corrected chi connectivity index (χ0v) is 19.2. The number of Topliss-reactive ketones (excluding diaryl/α,β-unsaturated/α-hetero) is 1. The molecule has 1 atom stereocenters. The SMILES string of the molecule is CC1(C)CC(=O)C2=C(C1)N(c1ccc([N+](=O)[O-])cc1)C(N)=C(C#N)[C@H]2c1ccc(Br)cc1. The van der Waals surface area contributed by atoms with Crippen LogP contribution in [0.4, 0.5) is 11.4 Å². The van der Waals surface area contributed by atoms with Gasteiger partial charge in [0.25, 0.3) is 5.69 Å². The van der Waals surface area contributed by atoms with Gasteiger partial charge in [0.05, 0.1) is 22.5 Å². The monoisotopic (exact) mass is 492 g/mol. The molecule has 7 nitrogen and oxygen atoms in total. The van der Waals surface area contributed by atoms with Crippen molar-refractivity contribution in [1.29, 1.82) is 5.26 Å². The van der Waals surface area contributed by atoms with Crippen LogP contribution in [0.3, 0.4) is 0 Å². The molecule has 0 fully saturated rings. The number of hydrogen-bond donors (Lipinski definition) is 1. The van der Waals surface area contributed by atoms with Gasteiger partial charge in [-0.2, -0.15) is 5.26 Å². The second-order valence-corrected chi connectivity index (χ2v) is 9.72. The Morgan fingerprint density at radius 3 is 2.34 bits per heavy atom. The normalized spacial score (nSPS) is 20.1. The predicted octanol–water partition coefficient (Wildman–Crippen LogP) is 5.30. The van der Waals surface area contributed by atoms with Crippen molar-refractivity contribution in [3.05, 3.63) is 91.3 Å². The highest BCUT2D eigenvalue weighted by molar-refractivity contribution is 9.10. The second kappa shape index (κ2) is 7.92. The van der Waals surface area contributed by atoms with Crippen molar-refractivity contribution in [2.75, 3.05) is 4.90 Å². The van der Waals surface area contributed by atoms with E-state index in [-0.39, 0.29) is 28.3 Å². The number of nitro groups is 1. The van der Waals surface area contributed by atoms with E-state index in [0.29, 0.717) is 24.1 Å². The number of hydrogen-bond acceptors (Lipinski definition) is 6. The number of nitro benzene ring substituents is 1. The van der Waals surface area contributed by atoms with E-state index in [9.17, 15) is 20.2 Å². The number of carbonyl (C=O) groups excluding carboxylic acids is 1. The maximum Gasteiger partial charge on any atom is 0.269 e. The molecule has 0 saturated heterocycles. The summed E-state index contributed by atoms with van der Waals surface area (Å²) in [5.74, 6) is -0.337. The van der Waals surface area contributed by atoms with E-state index < -0.39 is 10.8 Å². The first-order valence-corrected chi connectivity index (χ1v) is 10.9. The van der Waals surface area contributed by atoms with Gasteiger partial charge in [-0.25, -0.2) is 0 Å². The highest BCUT2D eigenvalue weighted by atomic mass is 79.9. The molecule has 2 N–H and O–H groups in total. The van der Waals surface area contributed by atoms with Crippen LogP contribution in [0.2, 0.25) is 0 Å². The third-order valence-corrected chi connectivity index (χ3v) is 6.43. The molecule has 0 bridgehead atoms. The third kappa shape index (κ3) is 3.69. The van der Waals surface area contributed by atoms with Crippen LogP contribution in [-0.2, 0) is 4.79 Å². The minimum absolute atomic E-state index is 0.0173. The first-order chi connectivity index (χ1) is 15.1. The molecular formula is C24H21BrN4O3. The fourth-order valence-corrected chi connectivity index (χ4v) is 4.78. The van der Waals surface area contributed by atoms with Crippen molar-refractivity contribution < 1.29 is 9.72 Å². The first-order valence-electron chi connectivity index (χ1n) is 10.1. The number of rotatable bonds is 3. The Labute approximate surface area is 194 Å². The van der Waals surface area contributed by atoms with Gasteiger partial charge < -0.3 is 5.73 Å². The van der Waals surface area contributed by atoms with Crippen molar-refractivity contribution in [3.8, 4) is 6.07 Å². The van der Waals surface area contributed by atoms with E-state index in [1.165, 1.54) is 12.1 Å². The lowest BCUT2D eigenvalue weighted by Crippen LogP contribution is -2.42. The number of ketones is 1. The van der Waals surface area contributed by atoms with E-state index in [4.69, 9.17) is 5.73 Å². The van der Waals surface area contributed by atoms with Crippen molar-refractivity contribution in [3.63, 3.8) is 0 Å². The lowest BCUT2D eigenvalue weighted by Gasteiger charge is -2.43. The zero-order chi connectivity index (χ0) is 23.2. The minimum atomic E-state index is -0.555. The van der Waals surface area contributed by atoms with Crippen molar-refractivity contribution in [1.82, 2.24) is 0 Å².